The third kappa shape index (κ3) is 4.29. The van der Waals surface area contributed by atoms with Crippen LogP contribution in [0.25, 0.3) is 28.0 Å². The first-order chi connectivity index (χ1) is 16.3. The predicted octanol–water partition coefficient (Wildman–Crippen LogP) is 3.68. The molecule has 0 spiro atoms. The van der Waals surface area contributed by atoms with E-state index in [0.29, 0.717) is 17.4 Å². The van der Waals surface area contributed by atoms with Crippen LogP contribution in [-0.2, 0) is 23.7 Å². The molecule has 0 fully saturated rings. The highest BCUT2D eigenvalue weighted by molar-refractivity contribution is 5.90. The van der Waals surface area contributed by atoms with Gasteiger partial charge < -0.3 is 4.52 Å². The van der Waals surface area contributed by atoms with Gasteiger partial charge in [-0.1, -0.05) is 32.0 Å². The van der Waals surface area contributed by atoms with E-state index in [1.54, 1.807) is 23.1 Å². The summed E-state index contributed by atoms with van der Waals surface area (Å²) in [7, 11) is 1.89. The monoisotopic (exact) mass is 456 g/mol. The van der Waals surface area contributed by atoms with Crippen LogP contribution in [0.3, 0.4) is 0 Å². The molecular weight excluding hydrogens is 432 g/mol. The van der Waals surface area contributed by atoms with E-state index in [1.165, 1.54) is 0 Å². The standard InChI is InChI=1S/C24H24N8O2/c1-24(2,3)20-11-23(34-30-20)27-22(33)10-17-6-8-21(29-28-17)32-14-25-18-9-15(5-7-19(18)32)16-12-26-31(4)13-16/h5-9,11-14H,10H2,1-4H3,(H,27,33). The first-order valence-electron chi connectivity index (χ1n) is 10.8. The Kier molecular flexibility index (Phi) is 5.20. The molecule has 34 heavy (non-hydrogen) atoms. The molecule has 10 nitrogen and oxygen atoms in total. The Labute approximate surface area is 195 Å². The molecule has 0 aliphatic rings. The highest BCUT2D eigenvalue weighted by Gasteiger charge is 2.20. The lowest BCUT2D eigenvalue weighted by Gasteiger charge is -2.12. The van der Waals surface area contributed by atoms with Crippen molar-refractivity contribution < 1.29 is 9.32 Å². The Bertz CT molecular complexity index is 1470. The smallest absolute Gasteiger partial charge is 0.232 e. The number of nitrogens with one attached hydrogen (secondary N) is 1. The number of aryl methyl sites for hydroxylation is 1. The molecule has 4 aromatic heterocycles. The first-order valence-corrected chi connectivity index (χ1v) is 10.8. The van der Waals surface area contributed by atoms with E-state index in [-0.39, 0.29) is 17.7 Å². The van der Waals surface area contributed by atoms with Crippen LogP contribution in [-0.4, -0.2) is 40.6 Å². The summed E-state index contributed by atoms with van der Waals surface area (Å²) < 4.78 is 8.84. The Morgan fingerprint density at radius 1 is 1.09 bits per heavy atom. The molecule has 10 heteroatoms. The maximum Gasteiger partial charge on any atom is 0.232 e. The van der Waals surface area contributed by atoms with Crippen LogP contribution in [0.15, 0.2) is 59.6 Å². The van der Waals surface area contributed by atoms with Crippen molar-refractivity contribution in [1.29, 1.82) is 0 Å². The number of carbonyl (C=O) groups excluding carboxylic acids is 1. The van der Waals surface area contributed by atoms with Crippen molar-refractivity contribution in [3.8, 4) is 16.9 Å². The van der Waals surface area contributed by atoms with Gasteiger partial charge in [0.1, 0.15) is 6.33 Å². The highest BCUT2D eigenvalue weighted by atomic mass is 16.5. The maximum atomic E-state index is 12.4. The molecule has 0 aliphatic carbocycles. The number of nitrogens with zero attached hydrogens (tertiary/aromatic N) is 7. The van der Waals surface area contributed by atoms with Gasteiger partial charge in [-0.25, -0.2) is 4.98 Å². The van der Waals surface area contributed by atoms with Gasteiger partial charge in [0.15, 0.2) is 5.82 Å². The van der Waals surface area contributed by atoms with Crippen LogP contribution in [0.1, 0.15) is 32.2 Å². The second kappa shape index (κ2) is 8.22. The molecule has 1 N–H and O–H groups in total. The Hall–Kier alpha value is -4.34. The molecule has 1 amide bonds. The summed E-state index contributed by atoms with van der Waals surface area (Å²) in [4.78, 5) is 16.9. The van der Waals surface area contributed by atoms with Crippen LogP contribution in [0.2, 0.25) is 0 Å². The third-order valence-electron chi connectivity index (χ3n) is 5.42. The lowest BCUT2D eigenvalue weighted by molar-refractivity contribution is -0.115. The summed E-state index contributed by atoms with van der Waals surface area (Å²) >= 11 is 0. The van der Waals surface area contributed by atoms with Crippen molar-refractivity contribution in [2.24, 2.45) is 7.05 Å². The van der Waals surface area contributed by atoms with E-state index in [0.717, 1.165) is 27.9 Å². The zero-order valence-electron chi connectivity index (χ0n) is 19.4. The molecule has 0 saturated carbocycles. The molecule has 5 rings (SSSR count). The van der Waals surface area contributed by atoms with Crippen molar-refractivity contribution >= 4 is 22.8 Å². The molecule has 0 saturated heterocycles. The second-order valence-corrected chi connectivity index (χ2v) is 9.15. The number of carbonyl (C=O) groups is 1. The summed E-state index contributed by atoms with van der Waals surface area (Å²) in [6.45, 7) is 6.07. The quantitative estimate of drug-likeness (QED) is 0.429. The summed E-state index contributed by atoms with van der Waals surface area (Å²) in [5.41, 5.74) is 4.97. The van der Waals surface area contributed by atoms with Crippen molar-refractivity contribution in [1.82, 2.24) is 34.7 Å². The van der Waals surface area contributed by atoms with Crippen LogP contribution >= 0.6 is 0 Å². The molecule has 0 bridgehead atoms. The molecule has 172 valence electrons. The fraction of sp³-hybridized carbons (Fsp3) is 0.250. The van der Waals surface area contributed by atoms with Crippen molar-refractivity contribution in [2.75, 3.05) is 5.32 Å². The van der Waals surface area contributed by atoms with Gasteiger partial charge in [0.2, 0.25) is 11.8 Å². The number of benzene rings is 1. The number of amides is 1. The van der Waals surface area contributed by atoms with Gasteiger partial charge in [0.05, 0.1) is 35.0 Å². The summed E-state index contributed by atoms with van der Waals surface area (Å²) in [5, 5.41) is 19.5. The number of rotatable bonds is 5. The average molecular weight is 457 g/mol. The van der Waals surface area contributed by atoms with Gasteiger partial charge in [-0.05, 0) is 29.8 Å². The molecule has 0 radical (unpaired) electrons. The zero-order valence-corrected chi connectivity index (χ0v) is 19.4. The van der Waals surface area contributed by atoms with Gasteiger partial charge in [-0.15, -0.1) is 5.10 Å². The molecule has 5 aromatic rings. The van der Waals surface area contributed by atoms with E-state index in [2.05, 4.69) is 30.8 Å². The van der Waals surface area contributed by atoms with Gasteiger partial charge >= 0.3 is 0 Å². The third-order valence-corrected chi connectivity index (χ3v) is 5.42. The Balaban J connectivity index is 1.29. The Morgan fingerprint density at radius 3 is 2.62 bits per heavy atom. The lowest BCUT2D eigenvalue weighted by Crippen LogP contribution is -2.15. The van der Waals surface area contributed by atoms with E-state index in [4.69, 9.17) is 4.52 Å². The van der Waals surface area contributed by atoms with E-state index >= 15 is 0 Å². The zero-order chi connectivity index (χ0) is 23.9. The number of hydrogen-bond acceptors (Lipinski definition) is 7. The van der Waals surface area contributed by atoms with E-state index < -0.39 is 0 Å². The molecule has 0 unspecified atom stereocenters. The van der Waals surface area contributed by atoms with Gasteiger partial charge in [-0.3, -0.25) is 19.4 Å². The highest BCUT2D eigenvalue weighted by Crippen LogP contribution is 2.25. The normalized spacial score (nSPS) is 11.8. The number of fused-ring (bicyclic) bond motifs is 1. The minimum atomic E-state index is -0.255. The summed E-state index contributed by atoms with van der Waals surface area (Å²) in [6.07, 6.45) is 5.57. The van der Waals surface area contributed by atoms with Crippen molar-refractivity contribution in [3.63, 3.8) is 0 Å². The fourth-order valence-electron chi connectivity index (χ4n) is 3.55. The van der Waals surface area contributed by atoms with Crippen LogP contribution in [0.5, 0.6) is 0 Å². The average Bonchev–Trinajstić information content (AvgIpc) is 3.53. The lowest BCUT2D eigenvalue weighted by atomic mass is 9.92. The molecular formula is C24H24N8O2. The molecule has 0 aliphatic heterocycles. The maximum absolute atomic E-state index is 12.4. The first kappa shape index (κ1) is 21.5. The van der Waals surface area contributed by atoms with Gasteiger partial charge in [0, 0.05) is 30.3 Å². The van der Waals surface area contributed by atoms with Crippen molar-refractivity contribution in [2.45, 2.75) is 32.6 Å². The predicted molar refractivity (Wildman–Crippen MR) is 126 cm³/mol. The van der Waals surface area contributed by atoms with Gasteiger partial charge in [-0.2, -0.15) is 10.2 Å². The minimum Gasteiger partial charge on any atom is -0.338 e. The number of hydrogen-bond donors (Lipinski definition) is 1. The van der Waals surface area contributed by atoms with Crippen LogP contribution < -0.4 is 5.32 Å². The van der Waals surface area contributed by atoms with E-state index in [1.807, 2.05) is 69.0 Å². The summed E-state index contributed by atoms with van der Waals surface area (Å²) in [5.74, 6) is 0.676. The number of imidazole rings is 1. The van der Waals surface area contributed by atoms with Gasteiger partial charge in [0.25, 0.3) is 0 Å². The number of anilines is 1. The summed E-state index contributed by atoms with van der Waals surface area (Å²) in [6, 6.07) is 11.4. The van der Waals surface area contributed by atoms with Crippen LogP contribution in [0.4, 0.5) is 5.88 Å². The second-order valence-electron chi connectivity index (χ2n) is 9.15. The molecule has 4 heterocycles. The Morgan fingerprint density at radius 2 is 1.94 bits per heavy atom. The largest absolute Gasteiger partial charge is 0.338 e. The number of aromatic nitrogens is 7. The topological polar surface area (TPSA) is 117 Å². The van der Waals surface area contributed by atoms with Crippen LogP contribution in [0, 0.1) is 0 Å². The fourth-order valence-corrected chi connectivity index (χ4v) is 3.55. The minimum absolute atomic E-state index is 0.0674. The SMILES string of the molecule is Cn1cc(-c2ccc3c(c2)ncn3-c2ccc(CC(=O)Nc3cc(C(C)(C)C)no3)nn2)cn1. The molecule has 1 aromatic carbocycles. The van der Waals surface area contributed by atoms with E-state index in [9.17, 15) is 4.79 Å². The molecule has 0 atom stereocenters. The van der Waals surface area contributed by atoms with Crippen molar-refractivity contribution in [3.05, 3.63) is 66.5 Å².